The van der Waals surface area contributed by atoms with Crippen LogP contribution < -0.4 is 4.74 Å². The van der Waals surface area contributed by atoms with E-state index in [0.29, 0.717) is 19.4 Å². The molecule has 0 N–H and O–H groups in total. The molecular formula is C12H19O4P. The summed E-state index contributed by atoms with van der Waals surface area (Å²) >= 11 is 0. The summed E-state index contributed by atoms with van der Waals surface area (Å²) in [5.41, 5.74) is 0.913. The van der Waals surface area contributed by atoms with Gasteiger partial charge in [0.05, 0.1) is 26.5 Å². The molecule has 96 valence electrons. The molecule has 0 radical (unpaired) electrons. The Hall–Kier alpha value is -0.830. The Kier molecular flexibility index (Phi) is 5.69. The van der Waals surface area contributed by atoms with Crippen LogP contribution in [0.15, 0.2) is 24.3 Å². The Balaban J connectivity index is 2.75. The van der Waals surface area contributed by atoms with E-state index in [4.69, 9.17) is 13.8 Å². The van der Waals surface area contributed by atoms with Crippen LogP contribution in [0.4, 0.5) is 0 Å². The van der Waals surface area contributed by atoms with Gasteiger partial charge in [-0.3, -0.25) is 4.57 Å². The Morgan fingerprint density at radius 1 is 1.06 bits per heavy atom. The van der Waals surface area contributed by atoms with Crippen molar-refractivity contribution in [2.24, 2.45) is 0 Å². The minimum atomic E-state index is -3.01. The number of methoxy groups -OCH3 is 1. The lowest BCUT2D eigenvalue weighted by atomic mass is 10.2. The lowest BCUT2D eigenvalue weighted by Gasteiger charge is -2.16. The van der Waals surface area contributed by atoms with Gasteiger partial charge in [-0.2, -0.15) is 0 Å². The maximum atomic E-state index is 12.3. The Bertz CT molecular complexity index is 365. The molecule has 0 aromatic heterocycles. The van der Waals surface area contributed by atoms with E-state index in [1.807, 2.05) is 24.3 Å². The molecule has 0 aliphatic rings. The molecule has 1 rings (SSSR count). The Morgan fingerprint density at radius 3 is 2.00 bits per heavy atom. The first-order chi connectivity index (χ1) is 8.13. The zero-order chi connectivity index (χ0) is 12.7. The molecule has 0 saturated carbocycles. The monoisotopic (exact) mass is 258 g/mol. The van der Waals surface area contributed by atoms with Crippen LogP contribution in [0, 0.1) is 0 Å². The first-order valence-electron chi connectivity index (χ1n) is 5.64. The number of hydrogen-bond acceptors (Lipinski definition) is 4. The van der Waals surface area contributed by atoms with E-state index < -0.39 is 7.60 Å². The second-order valence-corrected chi connectivity index (χ2v) is 5.51. The molecule has 0 aliphatic heterocycles. The zero-order valence-corrected chi connectivity index (χ0v) is 11.4. The normalized spacial score (nSPS) is 11.5. The smallest absolute Gasteiger partial charge is 0.335 e. The fraction of sp³-hybridized carbons (Fsp3) is 0.500. The molecule has 0 unspecified atom stereocenters. The van der Waals surface area contributed by atoms with Crippen LogP contribution in [-0.4, -0.2) is 20.3 Å². The summed E-state index contributed by atoms with van der Waals surface area (Å²) < 4.78 is 27.8. The molecule has 1 aromatic carbocycles. The van der Waals surface area contributed by atoms with Crippen molar-refractivity contribution in [2.45, 2.75) is 20.0 Å². The molecule has 17 heavy (non-hydrogen) atoms. The van der Waals surface area contributed by atoms with Crippen molar-refractivity contribution in [3.8, 4) is 5.75 Å². The first-order valence-corrected chi connectivity index (χ1v) is 7.37. The SMILES string of the molecule is CCOP(=O)(Cc1ccc(OC)cc1)OCC. The average molecular weight is 258 g/mol. The summed E-state index contributed by atoms with van der Waals surface area (Å²) in [5.74, 6) is 0.774. The quantitative estimate of drug-likeness (QED) is 0.702. The standard InChI is InChI=1S/C12H19O4P/c1-4-15-17(13,16-5-2)10-11-6-8-12(14-3)9-7-11/h6-9H,4-5,10H2,1-3H3. The maximum absolute atomic E-state index is 12.3. The topological polar surface area (TPSA) is 44.8 Å². The minimum Gasteiger partial charge on any atom is -0.497 e. The van der Waals surface area contributed by atoms with Crippen molar-refractivity contribution in [1.29, 1.82) is 0 Å². The summed E-state index contributed by atoms with van der Waals surface area (Å²) in [7, 11) is -1.39. The van der Waals surface area contributed by atoms with E-state index in [2.05, 4.69) is 0 Å². The number of rotatable bonds is 7. The van der Waals surface area contributed by atoms with Gasteiger partial charge in [0.25, 0.3) is 0 Å². The van der Waals surface area contributed by atoms with Gasteiger partial charge in [0, 0.05) is 0 Å². The fourth-order valence-electron chi connectivity index (χ4n) is 1.48. The van der Waals surface area contributed by atoms with Gasteiger partial charge in [-0.1, -0.05) is 12.1 Å². The van der Waals surface area contributed by atoms with Crippen LogP contribution in [0.5, 0.6) is 5.75 Å². The molecule has 4 nitrogen and oxygen atoms in total. The van der Waals surface area contributed by atoms with E-state index >= 15 is 0 Å². The predicted molar refractivity (Wildman–Crippen MR) is 67.6 cm³/mol. The second kappa shape index (κ2) is 6.80. The third-order valence-electron chi connectivity index (χ3n) is 2.19. The van der Waals surface area contributed by atoms with Crippen molar-refractivity contribution >= 4 is 7.60 Å². The van der Waals surface area contributed by atoms with Crippen LogP contribution in [0.25, 0.3) is 0 Å². The van der Waals surface area contributed by atoms with Crippen molar-refractivity contribution in [2.75, 3.05) is 20.3 Å². The van der Waals surface area contributed by atoms with Gasteiger partial charge < -0.3 is 13.8 Å². The summed E-state index contributed by atoms with van der Waals surface area (Å²) in [6.45, 7) is 4.38. The largest absolute Gasteiger partial charge is 0.497 e. The second-order valence-electron chi connectivity index (χ2n) is 3.45. The highest BCUT2D eigenvalue weighted by molar-refractivity contribution is 7.53. The number of ether oxygens (including phenoxy) is 1. The molecule has 0 saturated heterocycles. The van der Waals surface area contributed by atoms with E-state index in [9.17, 15) is 4.57 Å². The van der Waals surface area contributed by atoms with Gasteiger partial charge in [-0.15, -0.1) is 0 Å². The van der Waals surface area contributed by atoms with Crippen molar-refractivity contribution in [3.05, 3.63) is 29.8 Å². The third-order valence-corrected chi connectivity index (χ3v) is 4.24. The van der Waals surface area contributed by atoms with Crippen LogP contribution in [-0.2, 0) is 19.8 Å². The van der Waals surface area contributed by atoms with E-state index in [0.717, 1.165) is 11.3 Å². The summed E-state index contributed by atoms with van der Waals surface area (Å²) in [6.07, 6.45) is 0.290. The molecule has 0 amide bonds. The van der Waals surface area contributed by atoms with E-state index in [1.54, 1.807) is 21.0 Å². The van der Waals surface area contributed by atoms with E-state index in [-0.39, 0.29) is 0 Å². The lowest BCUT2D eigenvalue weighted by Crippen LogP contribution is -1.99. The van der Waals surface area contributed by atoms with Crippen LogP contribution in [0.3, 0.4) is 0 Å². The molecule has 1 aromatic rings. The van der Waals surface area contributed by atoms with Gasteiger partial charge in [0.15, 0.2) is 0 Å². The van der Waals surface area contributed by atoms with E-state index in [1.165, 1.54) is 0 Å². The molecular weight excluding hydrogens is 239 g/mol. The highest BCUT2D eigenvalue weighted by Gasteiger charge is 2.23. The summed E-state index contributed by atoms with van der Waals surface area (Å²) in [6, 6.07) is 7.39. The first kappa shape index (κ1) is 14.2. The predicted octanol–water partition coefficient (Wildman–Crippen LogP) is 3.46. The minimum absolute atomic E-state index is 0.290. The molecule has 0 bridgehead atoms. The van der Waals surface area contributed by atoms with Gasteiger partial charge in [-0.25, -0.2) is 0 Å². The maximum Gasteiger partial charge on any atom is 0.335 e. The molecule has 0 atom stereocenters. The number of benzene rings is 1. The van der Waals surface area contributed by atoms with Crippen LogP contribution >= 0.6 is 7.60 Å². The highest BCUT2D eigenvalue weighted by Crippen LogP contribution is 2.51. The van der Waals surface area contributed by atoms with Crippen LogP contribution in [0.2, 0.25) is 0 Å². The molecule has 0 spiro atoms. The molecule has 0 heterocycles. The zero-order valence-electron chi connectivity index (χ0n) is 10.5. The fourth-order valence-corrected chi connectivity index (χ4v) is 3.18. The summed E-state index contributed by atoms with van der Waals surface area (Å²) in [4.78, 5) is 0. The van der Waals surface area contributed by atoms with Crippen molar-refractivity contribution in [1.82, 2.24) is 0 Å². The highest BCUT2D eigenvalue weighted by atomic mass is 31.2. The van der Waals surface area contributed by atoms with Gasteiger partial charge in [-0.05, 0) is 31.5 Å². The van der Waals surface area contributed by atoms with Crippen LogP contribution in [0.1, 0.15) is 19.4 Å². The van der Waals surface area contributed by atoms with Gasteiger partial charge in [0.1, 0.15) is 5.75 Å². The Morgan fingerprint density at radius 2 is 1.59 bits per heavy atom. The van der Waals surface area contributed by atoms with Crippen molar-refractivity contribution < 1.29 is 18.3 Å². The summed E-state index contributed by atoms with van der Waals surface area (Å²) in [5, 5.41) is 0. The average Bonchev–Trinajstić information content (AvgIpc) is 2.30. The lowest BCUT2D eigenvalue weighted by molar-refractivity contribution is 0.219. The third kappa shape index (κ3) is 4.50. The van der Waals surface area contributed by atoms with Gasteiger partial charge >= 0.3 is 7.60 Å². The molecule has 5 heteroatoms. The van der Waals surface area contributed by atoms with Gasteiger partial charge in [0.2, 0.25) is 0 Å². The number of hydrogen-bond donors (Lipinski definition) is 0. The molecule has 0 aliphatic carbocycles. The Labute approximate surface area is 102 Å². The van der Waals surface area contributed by atoms with Crippen molar-refractivity contribution in [3.63, 3.8) is 0 Å². The molecule has 0 fully saturated rings.